The van der Waals surface area contributed by atoms with Gasteiger partial charge in [0.25, 0.3) is 0 Å². The number of halogens is 3. The maximum atomic E-state index is 13.0. The van der Waals surface area contributed by atoms with Crippen LogP contribution in [0.5, 0.6) is 0 Å². The molecule has 0 N–H and O–H groups in total. The van der Waals surface area contributed by atoms with Crippen molar-refractivity contribution in [3.63, 3.8) is 0 Å². The Labute approximate surface area is 116 Å². The number of aromatic nitrogens is 3. The third kappa shape index (κ3) is 2.76. The predicted molar refractivity (Wildman–Crippen MR) is 63.1 cm³/mol. The van der Waals surface area contributed by atoms with E-state index in [1.807, 2.05) is 0 Å². The average Bonchev–Trinajstić information content (AvgIpc) is 2.90. The summed E-state index contributed by atoms with van der Waals surface area (Å²) in [5, 5.41) is 6.49. The lowest BCUT2D eigenvalue weighted by Crippen LogP contribution is -2.15. The molecule has 0 atom stereocenters. The van der Waals surface area contributed by atoms with Gasteiger partial charge >= 0.3 is 12.1 Å². The highest BCUT2D eigenvalue weighted by atomic mass is 19.4. The van der Waals surface area contributed by atoms with E-state index in [2.05, 4.69) is 15.0 Å². The molecule has 1 aromatic carbocycles. The summed E-state index contributed by atoms with van der Waals surface area (Å²) in [7, 11) is 1.15. The monoisotopic (exact) mass is 299 g/mol. The number of hydrogen-bond acceptors (Lipinski definition) is 5. The molecular formula is C12H8F3N3O3. The highest BCUT2D eigenvalue weighted by Gasteiger charge is 2.39. The van der Waals surface area contributed by atoms with Gasteiger partial charge in [-0.2, -0.15) is 13.2 Å². The lowest BCUT2D eigenvalue weighted by atomic mass is 10.2. The number of esters is 1. The fourth-order valence-electron chi connectivity index (χ4n) is 1.70. The summed E-state index contributed by atoms with van der Waals surface area (Å²) in [6, 6.07) is 5.19. The zero-order valence-electron chi connectivity index (χ0n) is 10.6. The molecule has 0 saturated carbocycles. The Bertz CT molecular complexity index is 695. The summed E-state index contributed by atoms with van der Waals surface area (Å²) in [4.78, 5) is 22.0. The third-order valence-corrected chi connectivity index (χ3v) is 2.59. The maximum absolute atomic E-state index is 13.0. The first-order valence-electron chi connectivity index (χ1n) is 5.55. The number of hydrogen-bond donors (Lipinski definition) is 0. The lowest BCUT2D eigenvalue weighted by Gasteiger charge is -2.10. The number of nitrogens with zero attached hydrogens (tertiary/aromatic N) is 3. The van der Waals surface area contributed by atoms with Crippen LogP contribution >= 0.6 is 0 Å². The van der Waals surface area contributed by atoms with E-state index >= 15 is 0 Å². The molecule has 1 heterocycles. The number of ether oxygens (including phenoxy) is 1. The Kier molecular flexibility index (Phi) is 3.74. The number of carbonyl (C=O) groups is 2. The summed E-state index contributed by atoms with van der Waals surface area (Å²) in [6.45, 7) is 0. The van der Waals surface area contributed by atoms with Gasteiger partial charge in [-0.05, 0) is 18.2 Å². The van der Waals surface area contributed by atoms with Crippen molar-refractivity contribution < 1.29 is 27.5 Å². The smallest absolute Gasteiger partial charge is 0.435 e. The van der Waals surface area contributed by atoms with Crippen molar-refractivity contribution in [2.45, 2.75) is 6.18 Å². The molecule has 0 aliphatic carbocycles. The van der Waals surface area contributed by atoms with Gasteiger partial charge in [-0.1, -0.05) is 11.3 Å². The second kappa shape index (κ2) is 5.35. The first-order chi connectivity index (χ1) is 9.88. The van der Waals surface area contributed by atoms with Crippen molar-refractivity contribution in [2.75, 3.05) is 7.11 Å². The van der Waals surface area contributed by atoms with Gasteiger partial charge in [0.2, 0.25) is 0 Å². The highest BCUT2D eigenvalue weighted by molar-refractivity contribution is 5.89. The molecule has 0 bridgehead atoms. The molecule has 0 radical (unpaired) electrons. The molecule has 0 spiro atoms. The minimum absolute atomic E-state index is 0.0313. The third-order valence-electron chi connectivity index (χ3n) is 2.59. The van der Waals surface area contributed by atoms with Crippen molar-refractivity contribution >= 4 is 12.3 Å². The van der Waals surface area contributed by atoms with Crippen molar-refractivity contribution in [3.8, 4) is 5.69 Å². The van der Waals surface area contributed by atoms with Crippen LogP contribution in [0, 0.1) is 0 Å². The normalized spacial score (nSPS) is 11.2. The Balaban J connectivity index is 2.60. The Morgan fingerprint density at radius 3 is 2.67 bits per heavy atom. The minimum atomic E-state index is -4.82. The number of benzene rings is 1. The van der Waals surface area contributed by atoms with Gasteiger partial charge in [-0.25, -0.2) is 9.48 Å². The molecule has 0 aliphatic rings. The van der Waals surface area contributed by atoms with Gasteiger partial charge in [-0.3, -0.25) is 4.79 Å². The molecule has 21 heavy (non-hydrogen) atoms. The van der Waals surface area contributed by atoms with Crippen molar-refractivity contribution in [3.05, 3.63) is 41.2 Å². The largest absolute Gasteiger partial charge is 0.465 e. The quantitative estimate of drug-likeness (QED) is 0.639. The number of aldehydes is 1. The number of methoxy groups -OCH3 is 1. The Hall–Kier alpha value is -2.71. The fraction of sp³-hybridized carbons (Fsp3) is 0.167. The summed E-state index contributed by atoms with van der Waals surface area (Å²) >= 11 is 0. The number of rotatable bonds is 3. The molecule has 0 amide bonds. The standard InChI is InChI=1S/C12H8F3N3O3/c1-21-11(20)7-3-2-4-8(5-7)18-10(12(13,14)15)9(6-19)16-17-18/h2-6H,1H3. The minimum Gasteiger partial charge on any atom is -0.465 e. The fourth-order valence-corrected chi connectivity index (χ4v) is 1.70. The van der Waals surface area contributed by atoms with E-state index in [0.29, 0.717) is 4.68 Å². The molecule has 6 nitrogen and oxygen atoms in total. The SMILES string of the molecule is COC(=O)c1cccc(-n2nnc(C=O)c2C(F)(F)F)c1. The highest BCUT2D eigenvalue weighted by Crippen LogP contribution is 2.32. The molecule has 0 aliphatic heterocycles. The van der Waals surface area contributed by atoms with E-state index in [0.717, 1.165) is 13.2 Å². The summed E-state index contributed by atoms with van der Waals surface area (Å²) in [5.74, 6) is -0.707. The van der Waals surface area contributed by atoms with Crippen molar-refractivity contribution in [1.29, 1.82) is 0 Å². The van der Waals surface area contributed by atoms with Crippen LogP contribution < -0.4 is 0 Å². The van der Waals surface area contributed by atoms with Crippen LogP contribution in [0.3, 0.4) is 0 Å². The van der Waals surface area contributed by atoms with E-state index in [4.69, 9.17) is 0 Å². The average molecular weight is 299 g/mol. The van der Waals surface area contributed by atoms with Gasteiger partial charge in [0.15, 0.2) is 17.7 Å². The topological polar surface area (TPSA) is 74.1 Å². The van der Waals surface area contributed by atoms with Gasteiger partial charge in [-0.15, -0.1) is 5.10 Å². The van der Waals surface area contributed by atoms with Crippen LogP contribution in [0.25, 0.3) is 5.69 Å². The van der Waals surface area contributed by atoms with Gasteiger partial charge < -0.3 is 4.74 Å². The Morgan fingerprint density at radius 1 is 1.38 bits per heavy atom. The molecular weight excluding hydrogens is 291 g/mol. The van der Waals surface area contributed by atoms with Crippen LogP contribution in [0.1, 0.15) is 26.5 Å². The number of carbonyl (C=O) groups excluding carboxylic acids is 2. The van der Waals surface area contributed by atoms with E-state index in [1.165, 1.54) is 18.2 Å². The van der Waals surface area contributed by atoms with Crippen LogP contribution in [0.4, 0.5) is 13.2 Å². The first kappa shape index (κ1) is 14.7. The number of alkyl halides is 3. The maximum Gasteiger partial charge on any atom is 0.435 e. The molecule has 0 unspecified atom stereocenters. The zero-order chi connectivity index (χ0) is 15.6. The summed E-state index contributed by atoms with van der Waals surface area (Å²) in [6.07, 6.45) is -4.85. The van der Waals surface area contributed by atoms with Crippen LogP contribution in [0.15, 0.2) is 24.3 Å². The van der Waals surface area contributed by atoms with Crippen LogP contribution in [-0.4, -0.2) is 34.4 Å². The molecule has 0 fully saturated rings. The van der Waals surface area contributed by atoms with Gasteiger partial charge in [0, 0.05) is 0 Å². The molecule has 1 aromatic heterocycles. The van der Waals surface area contributed by atoms with Crippen LogP contribution in [-0.2, 0) is 10.9 Å². The van der Waals surface area contributed by atoms with E-state index < -0.39 is 23.5 Å². The molecule has 110 valence electrons. The first-order valence-corrected chi connectivity index (χ1v) is 5.55. The predicted octanol–water partition coefficient (Wildman–Crippen LogP) is 1.89. The van der Waals surface area contributed by atoms with Gasteiger partial charge in [0.05, 0.1) is 18.4 Å². The molecule has 9 heteroatoms. The van der Waals surface area contributed by atoms with E-state index in [9.17, 15) is 22.8 Å². The van der Waals surface area contributed by atoms with E-state index in [-0.39, 0.29) is 17.5 Å². The zero-order valence-corrected chi connectivity index (χ0v) is 10.6. The van der Waals surface area contributed by atoms with E-state index in [1.54, 1.807) is 0 Å². The summed E-state index contributed by atoms with van der Waals surface area (Å²) in [5.41, 5.74) is -2.15. The lowest BCUT2D eigenvalue weighted by molar-refractivity contribution is -0.143. The second-order valence-electron chi connectivity index (χ2n) is 3.89. The van der Waals surface area contributed by atoms with Crippen molar-refractivity contribution in [2.24, 2.45) is 0 Å². The molecule has 2 aromatic rings. The summed E-state index contributed by atoms with van der Waals surface area (Å²) < 4.78 is 43.9. The molecule has 0 saturated heterocycles. The Morgan fingerprint density at radius 2 is 2.10 bits per heavy atom. The second-order valence-corrected chi connectivity index (χ2v) is 3.89. The van der Waals surface area contributed by atoms with Crippen molar-refractivity contribution in [1.82, 2.24) is 15.0 Å². The van der Waals surface area contributed by atoms with Crippen LogP contribution in [0.2, 0.25) is 0 Å². The molecule has 2 rings (SSSR count). The van der Waals surface area contributed by atoms with Gasteiger partial charge in [0.1, 0.15) is 0 Å².